The number of halogens is 1. The van der Waals surface area contributed by atoms with Crippen molar-refractivity contribution < 1.29 is 19.1 Å². The molecular weight excluding hydrogens is 306 g/mol. The molecule has 1 N–H and O–H groups in total. The Bertz CT molecular complexity index is 552. The molecule has 0 aliphatic carbocycles. The standard InChI is InChI=1S/C16H22ClNO4/c1-10(18-16(2,3)4)15(20)11-6-7-13(12(17)8-11)22-9-14(19)21-5/h6-8,10,18H,9H2,1-5H3. The predicted octanol–water partition coefficient (Wildman–Crippen LogP) is 2.85. The summed E-state index contributed by atoms with van der Waals surface area (Å²) in [5.41, 5.74) is 0.322. The van der Waals surface area contributed by atoms with Crippen LogP contribution in [0.1, 0.15) is 38.1 Å². The predicted molar refractivity (Wildman–Crippen MR) is 85.6 cm³/mol. The van der Waals surface area contributed by atoms with Gasteiger partial charge in [-0.3, -0.25) is 4.79 Å². The molecule has 0 aromatic heterocycles. The lowest BCUT2D eigenvalue weighted by atomic mass is 10.0. The lowest BCUT2D eigenvalue weighted by Gasteiger charge is -2.25. The lowest BCUT2D eigenvalue weighted by molar-refractivity contribution is -0.142. The number of esters is 1. The van der Waals surface area contributed by atoms with Crippen molar-refractivity contribution in [2.45, 2.75) is 39.3 Å². The SMILES string of the molecule is COC(=O)COc1ccc(C(=O)C(C)NC(C)(C)C)cc1Cl. The fourth-order valence-corrected chi connectivity index (χ4v) is 2.17. The molecule has 6 heteroatoms. The summed E-state index contributed by atoms with van der Waals surface area (Å²) < 4.78 is 9.71. The molecule has 22 heavy (non-hydrogen) atoms. The fraction of sp³-hybridized carbons (Fsp3) is 0.500. The maximum atomic E-state index is 12.4. The minimum atomic E-state index is -0.501. The van der Waals surface area contributed by atoms with Crippen molar-refractivity contribution in [1.82, 2.24) is 5.32 Å². The van der Waals surface area contributed by atoms with E-state index in [0.29, 0.717) is 11.3 Å². The molecular formula is C16H22ClNO4. The molecule has 122 valence electrons. The lowest BCUT2D eigenvalue weighted by Crippen LogP contribution is -2.46. The molecule has 0 aliphatic rings. The number of nitrogens with one attached hydrogen (secondary N) is 1. The first-order valence-electron chi connectivity index (χ1n) is 6.95. The normalized spacial score (nSPS) is 12.6. The average molecular weight is 328 g/mol. The van der Waals surface area contributed by atoms with E-state index in [4.69, 9.17) is 16.3 Å². The second kappa shape index (κ2) is 7.61. The highest BCUT2D eigenvalue weighted by molar-refractivity contribution is 6.32. The van der Waals surface area contributed by atoms with E-state index in [0.717, 1.165) is 0 Å². The molecule has 1 atom stereocenters. The largest absolute Gasteiger partial charge is 0.480 e. The first-order chi connectivity index (χ1) is 10.1. The van der Waals surface area contributed by atoms with E-state index in [1.807, 2.05) is 27.7 Å². The first-order valence-corrected chi connectivity index (χ1v) is 7.33. The van der Waals surface area contributed by atoms with Crippen LogP contribution in [-0.4, -0.2) is 37.0 Å². The second-order valence-electron chi connectivity index (χ2n) is 5.99. The van der Waals surface area contributed by atoms with Crippen LogP contribution < -0.4 is 10.1 Å². The number of hydrogen-bond acceptors (Lipinski definition) is 5. The van der Waals surface area contributed by atoms with Gasteiger partial charge in [0.15, 0.2) is 12.4 Å². The van der Waals surface area contributed by atoms with Gasteiger partial charge >= 0.3 is 5.97 Å². The van der Waals surface area contributed by atoms with Gasteiger partial charge in [0.05, 0.1) is 18.2 Å². The summed E-state index contributed by atoms with van der Waals surface area (Å²) in [6.07, 6.45) is 0. The van der Waals surface area contributed by atoms with E-state index in [1.54, 1.807) is 12.1 Å². The van der Waals surface area contributed by atoms with Crippen LogP contribution in [0, 0.1) is 0 Å². The molecule has 0 bridgehead atoms. The van der Waals surface area contributed by atoms with Crippen LogP contribution in [-0.2, 0) is 9.53 Å². The number of Topliss-reactive ketones (excluding diaryl/α,β-unsaturated/α-hetero) is 1. The molecule has 0 aliphatic heterocycles. The minimum Gasteiger partial charge on any atom is -0.480 e. The zero-order valence-corrected chi connectivity index (χ0v) is 14.3. The smallest absolute Gasteiger partial charge is 0.343 e. The molecule has 0 fully saturated rings. The fourth-order valence-electron chi connectivity index (χ4n) is 1.93. The van der Waals surface area contributed by atoms with Crippen molar-refractivity contribution >= 4 is 23.4 Å². The first kappa shape index (κ1) is 18.5. The van der Waals surface area contributed by atoms with Crippen LogP contribution >= 0.6 is 11.6 Å². The van der Waals surface area contributed by atoms with E-state index in [-0.39, 0.29) is 29.0 Å². The number of carbonyl (C=O) groups excluding carboxylic acids is 2. The molecule has 0 spiro atoms. The zero-order valence-electron chi connectivity index (χ0n) is 13.5. The Kier molecular flexibility index (Phi) is 6.38. The molecule has 0 radical (unpaired) electrons. The maximum absolute atomic E-state index is 12.4. The highest BCUT2D eigenvalue weighted by Crippen LogP contribution is 2.26. The summed E-state index contributed by atoms with van der Waals surface area (Å²) in [6, 6.07) is 4.40. The molecule has 1 rings (SSSR count). The zero-order chi connectivity index (χ0) is 16.9. The number of ether oxygens (including phenoxy) is 2. The third kappa shape index (κ3) is 5.66. The molecule has 0 saturated carbocycles. The minimum absolute atomic E-state index is 0.0589. The van der Waals surface area contributed by atoms with Gasteiger partial charge < -0.3 is 14.8 Å². The van der Waals surface area contributed by atoms with Gasteiger partial charge in [-0.15, -0.1) is 0 Å². The summed E-state index contributed by atoms with van der Waals surface area (Å²) >= 11 is 6.09. The number of methoxy groups -OCH3 is 1. The van der Waals surface area contributed by atoms with Gasteiger partial charge in [0.1, 0.15) is 5.75 Å². The van der Waals surface area contributed by atoms with Crippen molar-refractivity contribution in [3.05, 3.63) is 28.8 Å². The van der Waals surface area contributed by atoms with Gasteiger partial charge in [-0.2, -0.15) is 0 Å². The average Bonchev–Trinajstić information content (AvgIpc) is 2.42. The van der Waals surface area contributed by atoms with Crippen molar-refractivity contribution in [2.24, 2.45) is 0 Å². The molecule has 5 nitrogen and oxygen atoms in total. The molecule has 0 amide bonds. The number of carbonyl (C=O) groups is 2. The second-order valence-corrected chi connectivity index (χ2v) is 6.40. The van der Waals surface area contributed by atoms with E-state index >= 15 is 0 Å². The van der Waals surface area contributed by atoms with E-state index in [9.17, 15) is 9.59 Å². The Balaban J connectivity index is 2.80. The Labute approximate surface area is 135 Å². The van der Waals surface area contributed by atoms with Crippen LogP contribution in [0.5, 0.6) is 5.75 Å². The quantitative estimate of drug-likeness (QED) is 0.643. The Morgan fingerprint density at radius 2 is 1.95 bits per heavy atom. The third-order valence-corrected chi connectivity index (χ3v) is 3.13. The Morgan fingerprint density at radius 1 is 1.32 bits per heavy atom. The monoisotopic (exact) mass is 327 g/mol. The van der Waals surface area contributed by atoms with Crippen molar-refractivity contribution in [2.75, 3.05) is 13.7 Å². The number of hydrogen-bond donors (Lipinski definition) is 1. The Hall–Kier alpha value is -1.59. The summed E-state index contributed by atoms with van der Waals surface area (Å²) in [7, 11) is 1.28. The molecule has 1 unspecified atom stereocenters. The van der Waals surface area contributed by atoms with Gasteiger partial charge in [0.25, 0.3) is 0 Å². The maximum Gasteiger partial charge on any atom is 0.343 e. The van der Waals surface area contributed by atoms with Crippen LogP contribution in [0.4, 0.5) is 0 Å². The molecule has 1 aromatic carbocycles. The summed E-state index contributed by atoms with van der Waals surface area (Å²) in [4.78, 5) is 23.4. The van der Waals surface area contributed by atoms with Crippen molar-refractivity contribution in [3.8, 4) is 5.75 Å². The number of benzene rings is 1. The van der Waals surface area contributed by atoms with E-state index in [2.05, 4.69) is 10.1 Å². The molecule has 0 saturated heterocycles. The topological polar surface area (TPSA) is 64.6 Å². The third-order valence-electron chi connectivity index (χ3n) is 2.83. The van der Waals surface area contributed by atoms with Crippen molar-refractivity contribution in [3.63, 3.8) is 0 Å². The van der Waals surface area contributed by atoms with Gasteiger partial charge in [-0.1, -0.05) is 11.6 Å². The van der Waals surface area contributed by atoms with Gasteiger partial charge in [0.2, 0.25) is 0 Å². The summed E-state index contributed by atoms with van der Waals surface area (Å²) in [5, 5.41) is 3.49. The van der Waals surface area contributed by atoms with Gasteiger partial charge in [-0.25, -0.2) is 4.79 Å². The van der Waals surface area contributed by atoms with Crippen molar-refractivity contribution in [1.29, 1.82) is 0 Å². The van der Waals surface area contributed by atoms with Crippen LogP contribution in [0.15, 0.2) is 18.2 Å². The Morgan fingerprint density at radius 3 is 2.45 bits per heavy atom. The van der Waals surface area contributed by atoms with Crippen LogP contribution in [0.25, 0.3) is 0 Å². The number of rotatable bonds is 6. The van der Waals surface area contributed by atoms with Crippen LogP contribution in [0.2, 0.25) is 5.02 Å². The van der Waals surface area contributed by atoms with Gasteiger partial charge in [0, 0.05) is 11.1 Å². The summed E-state index contributed by atoms with van der Waals surface area (Å²) in [6.45, 7) is 7.56. The highest BCUT2D eigenvalue weighted by atomic mass is 35.5. The van der Waals surface area contributed by atoms with Crippen LogP contribution in [0.3, 0.4) is 0 Å². The summed E-state index contributed by atoms with van der Waals surface area (Å²) in [5.74, 6) is -0.226. The number of ketones is 1. The molecule has 0 heterocycles. The van der Waals surface area contributed by atoms with E-state index in [1.165, 1.54) is 13.2 Å². The van der Waals surface area contributed by atoms with Gasteiger partial charge in [-0.05, 0) is 45.9 Å². The highest BCUT2D eigenvalue weighted by Gasteiger charge is 2.21. The van der Waals surface area contributed by atoms with E-state index < -0.39 is 5.97 Å². The molecule has 1 aromatic rings.